The number of nitrogens with zero attached hydrogens (tertiary/aromatic N) is 1. The van der Waals surface area contributed by atoms with E-state index >= 15 is 0 Å². The topological polar surface area (TPSA) is 29.5 Å². The van der Waals surface area contributed by atoms with Crippen LogP contribution in [0.1, 0.15) is 24.5 Å². The number of amides is 1. The Morgan fingerprint density at radius 2 is 2.04 bits per heavy atom. The molecule has 0 bridgehead atoms. The Kier molecular flexibility index (Phi) is 5.50. The van der Waals surface area contributed by atoms with Crippen molar-refractivity contribution in [1.29, 1.82) is 0 Å². The monoisotopic (exact) mass is 381 g/mol. The highest BCUT2D eigenvalue weighted by molar-refractivity contribution is 6.35. The molecule has 132 valence electrons. The number of benzene rings is 2. The summed E-state index contributed by atoms with van der Waals surface area (Å²) in [5.41, 5.74) is 1.93. The molecule has 3 rings (SSSR count). The van der Waals surface area contributed by atoms with Crippen molar-refractivity contribution in [3.63, 3.8) is 0 Å². The molecule has 0 N–H and O–H groups in total. The Bertz CT molecular complexity index is 797. The predicted octanol–water partition coefficient (Wildman–Crippen LogP) is 4.87. The third-order valence-electron chi connectivity index (χ3n) is 4.30. The van der Waals surface area contributed by atoms with E-state index in [-0.39, 0.29) is 11.7 Å². The van der Waals surface area contributed by atoms with Gasteiger partial charge in [0.15, 0.2) is 6.10 Å². The van der Waals surface area contributed by atoms with Gasteiger partial charge in [-0.25, -0.2) is 4.39 Å². The molecule has 0 radical (unpaired) electrons. The third-order valence-corrected chi connectivity index (χ3v) is 4.83. The number of fused-ring (bicyclic) bond motifs is 1. The highest BCUT2D eigenvalue weighted by Crippen LogP contribution is 2.29. The number of ether oxygens (including phenoxy) is 1. The van der Waals surface area contributed by atoms with E-state index < -0.39 is 6.10 Å². The lowest BCUT2D eigenvalue weighted by molar-refractivity contribution is -0.139. The van der Waals surface area contributed by atoms with Crippen LogP contribution in [0.4, 0.5) is 4.39 Å². The van der Waals surface area contributed by atoms with E-state index in [0.29, 0.717) is 41.7 Å². The van der Waals surface area contributed by atoms with Crippen molar-refractivity contribution in [3.05, 3.63) is 63.4 Å². The molecule has 1 heterocycles. The van der Waals surface area contributed by atoms with Crippen LogP contribution in [0, 0.1) is 5.82 Å². The molecule has 0 aliphatic carbocycles. The molecule has 2 aromatic carbocycles. The number of carbonyl (C=O) groups is 1. The first-order valence-corrected chi connectivity index (χ1v) is 8.91. The Morgan fingerprint density at radius 3 is 2.76 bits per heavy atom. The van der Waals surface area contributed by atoms with Gasteiger partial charge in [-0.1, -0.05) is 36.2 Å². The molecule has 0 aromatic heterocycles. The molecule has 3 nitrogen and oxygen atoms in total. The van der Waals surface area contributed by atoms with Crippen molar-refractivity contribution in [2.24, 2.45) is 0 Å². The maximum atomic E-state index is 13.5. The van der Waals surface area contributed by atoms with Crippen molar-refractivity contribution in [2.75, 3.05) is 6.54 Å². The standard InChI is InChI=1S/C19H18Cl2FNO2/c1-2-17(25-18-6-4-14(20)10-16(18)21)19(24)23-8-7-12-3-5-15(22)9-13(12)11-23/h3-6,9-10,17H,2,7-8,11H2,1H3. The number of hydrogen-bond donors (Lipinski definition) is 0. The lowest BCUT2D eigenvalue weighted by Crippen LogP contribution is -2.44. The molecule has 0 fully saturated rings. The molecule has 1 unspecified atom stereocenters. The maximum absolute atomic E-state index is 13.5. The van der Waals surface area contributed by atoms with E-state index in [0.717, 1.165) is 11.1 Å². The van der Waals surface area contributed by atoms with E-state index in [1.54, 1.807) is 29.2 Å². The summed E-state index contributed by atoms with van der Waals surface area (Å²) in [5, 5.41) is 0.871. The van der Waals surface area contributed by atoms with Crippen molar-refractivity contribution in [3.8, 4) is 5.75 Å². The zero-order valence-electron chi connectivity index (χ0n) is 13.8. The van der Waals surface area contributed by atoms with E-state index in [9.17, 15) is 9.18 Å². The minimum absolute atomic E-state index is 0.122. The molecule has 6 heteroatoms. The largest absolute Gasteiger partial charge is 0.479 e. The smallest absolute Gasteiger partial charge is 0.263 e. The van der Waals surface area contributed by atoms with Crippen LogP contribution in [-0.4, -0.2) is 23.5 Å². The van der Waals surface area contributed by atoms with Crippen LogP contribution in [-0.2, 0) is 17.8 Å². The second-order valence-corrected chi connectivity index (χ2v) is 6.86. The number of hydrogen-bond acceptors (Lipinski definition) is 2. The summed E-state index contributed by atoms with van der Waals surface area (Å²) in [6.07, 6.45) is 0.567. The third kappa shape index (κ3) is 4.07. The van der Waals surface area contributed by atoms with Crippen molar-refractivity contribution in [2.45, 2.75) is 32.4 Å². The normalized spacial score (nSPS) is 14.8. The summed E-state index contributed by atoms with van der Waals surface area (Å²) in [5.74, 6) is 0.0161. The molecular formula is C19H18Cl2FNO2. The number of halogens is 3. The number of rotatable bonds is 4. The summed E-state index contributed by atoms with van der Waals surface area (Å²) in [6.45, 7) is 2.86. The Balaban J connectivity index is 1.74. The Labute approximate surface area is 156 Å². The lowest BCUT2D eigenvalue weighted by atomic mass is 9.99. The van der Waals surface area contributed by atoms with Gasteiger partial charge in [-0.05, 0) is 54.3 Å². The minimum Gasteiger partial charge on any atom is -0.479 e. The lowest BCUT2D eigenvalue weighted by Gasteiger charge is -2.31. The van der Waals surface area contributed by atoms with Crippen LogP contribution in [0.15, 0.2) is 36.4 Å². The van der Waals surface area contributed by atoms with E-state index in [1.165, 1.54) is 12.1 Å². The molecule has 0 spiro atoms. The SMILES string of the molecule is CCC(Oc1ccc(Cl)cc1Cl)C(=O)N1CCc2ccc(F)cc2C1. The summed E-state index contributed by atoms with van der Waals surface area (Å²) >= 11 is 12.0. The molecule has 1 amide bonds. The molecule has 2 aromatic rings. The van der Waals surface area contributed by atoms with Gasteiger partial charge in [0.1, 0.15) is 11.6 Å². The molecular weight excluding hydrogens is 364 g/mol. The fourth-order valence-electron chi connectivity index (χ4n) is 2.95. The second kappa shape index (κ2) is 7.63. The highest BCUT2D eigenvalue weighted by atomic mass is 35.5. The Morgan fingerprint density at radius 1 is 1.24 bits per heavy atom. The van der Waals surface area contributed by atoms with E-state index in [1.807, 2.05) is 6.92 Å². The average Bonchev–Trinajstić information content (AvgIpc) is 2.60. The van der Waals surface area contributed by atoms with Gasteiger partial charge in [0.05, 0.1) is 5.02 Å². The average molecular weight is 382 g/mol. The van der Waals surface area contributed by atoms with Crippen LogP contribution in [0.3, 0.4) is 0 Å². The zero-order valence-corrected chi connectivity index (χ0v) is 15.3. The van der Waals surface area contributed by atoms with Crippen LogP contribution < -0.4 is 4.74 Å². The van der Waals surface area contributed by atoms with Gasteiger partial charge in [-0.3, -0.25) is 4.79 Å². The molecule has 1 aliphatic heterocycles. The molecule has 1 atom stereocenters. The van der Waals surface area contributed by atoms with Crippen LogP contribution in [0.5, 0.6) is 5.75 Å². The van der Waals surface area contributed by atoms with E-state index in [4.69, 9.17) is 27.9 Å². The summed E-state index contributed by atoms with van der Waals surface area (Å²) < 4.78 is 19.3. The summed E-state index contributed by atoms with van der Waals surface area (Å²) in [7, 11) is 0. The fourth-order valence-corrected chi connectivity index (χ4v) is 3.40. The minimum atomic E-state index is -0.645. The maximum Gasteiger partial charge on any atom is 0.263 e. The fraction of sp³-hybridized carbons (Fsp3) is 0.316. The van der Waals surface area contributed by atoms with Gasteiger partial charge in [0.2, 0.25) is 0 Å². The van der Waals surface area contributed by atoms with Crippen LogP contribution >= 0.6 is 23.2 Å². The van der Waals surface area contributed by atoms with E-state index in [2.05, 4.69) is 0 Å². The van der Waals surface area contributed by atoms with Crippen molar-refractivity contribution in [1.82, 2.24) is 4.90 Å². The van der Waals surface area contributed by atoms with Crippen molar-refractivity contribution >= 4 is 29.1 Å². The summed E-state index contributed by atoms with van der Waals surface area (Å²) in [6, 6.07) is 9.63. The quantitative estimate of drug-likeness (QED) is 0.755. The molecule has 0 saturated carbocycles. The van der Waals surface area contributed by atoms with Gasteiger partial charge in [-0.2, -0.15) is 0 Å². The zero-order chi connectivity index (χ0) is 18.0. The van der Waals surface area contributed by atoms with Gasteiger partial charge >= 0.3 is 0 Å². The summed E-state index contributed by atoms with van der Waals surface area (Å²) in [4.78, 5) is 14.6. The second-order valence-electron chi connectivity index (χ2n) is 6.01. The first-order valence-electron chi connectivity index (χ1n) is 8.15. The van der Waals surface area contributed by atoms with Gasteiger partial charge in [0, 0.05) is 18.1 Å². The van der Waals surface area contributed by atoms with Crippen molar-refractivity contribution < 1.29 is 13.9 Å². The first kappa shape index (κ1) is 18.0. The molecule has 1 aliphatic rings. The Hall–Kier alpha value is -1.78. The van der Waals surface area contributed by atoms with Gasteiger partial charge in [0.25, 0.3) is 5.91 Å². The first-order chi connectivity index (χ1) is 12.0. The molecule has 0 saturated heterocycles. The predicted molar refractivity (Wildman–Crippen MR) is 96.7 cm³/mol. The van der Waals surface area contributed by atoms with Crippen LogP contribution in [0.25, 0.3) is 0 Å². The van der Waals surface area contributed by atoms with Crippen LogP contribution in [0.2, 0.25) is 10.0 Å². The van der Waals surface area contributed by atoms with Gasteiger partial charge in [-0.15, -0.1) is 0 Å². The number of carbonyl (C=O) groups excluding carboxylic acids is 1. The molecule has 25 heavy (non-hydrogen) atoms. The van der Waals surface area contributed by atoms with Gasteiger partial charge < -0.3 is 9.64 Å². The highest BCUT2D eigenvalue weighted by Gasteiger charge is 2.28.